The van der Waals surface area contributed by atoms with Crippen LogP contribution in [0.25, 0.3) is 0 Å². The maximum Gasteiger partial charge on any atom is 0.325 e. The minimum absolute atomic E-state index is 0.000316. The van der Waals surface area contributed by atoms with E-state index < -0.39 is 22.0 Å². The van der Waals surface area contributed by atoms with Crippen LogP contribution in [0.4, 0.5) is 0 Å². The number of sulfonamides is 1. The molecule has 0 spiro atoms. The van der Waals surface area contributed by atoms with Gasteiger partial charge >= 0.3 is 5.97 Å². The van der Waals surface area contributed by atoms with Gasteiger partial charge in [0, 0.05) is 17.3 Å². The minimum Gasteiger partial charge on any atom is -0.480 e. The van der Waals surface area contributed by atoms with E-state index in [0.29, 0.717) is 41.3 Å². The quantitative estimate of drug-likeness (QED) is 0.501. The second kappa shape index (κ2) is 9.11. The van der Waals surface area contributed by atoms with Crippen molar-refractivity contribution in [2.75, 3.05) is 0 Å². The van der Waals surface area contributed by atoms with Crippen molar-refractivity contribution in [2.24, 2.45) is 0 Å². The van der Waals surface area contributed by atoms with Crippen molar-refractivity contribution in [1.82, 2.24) is 14.5 Å². The number of benzene rings is 2. The number of carbonyl (C=O) groups is 1. The van der Waals surface area contributed by atoms with Crippen LogP contribution >= 0.6 is 23.2 Å². The molecule has 4 rings (SSSR count). The van der Waals surface area contributed by atoms with E-state index in [0.717, 1.165) is 5.69 Å². The molecule has 0 fully saturated rings. The maximum absolute atomic E-state index is 13.1. The van der Waals surface area contributed by atoms with Crippen LogP contribution in [0.2, 0.25) is 10.0 Å². The van der Waals surface area contributed by atoms with Gasteiger partial charge in [0.05, 0.1) is 22.3 Å². The van der Waals surface area contributed by atoms with E-state index in [1.165, 1.54) is 29.1 Å². The molecular formula is C21H19Cl2N3O5S. The Morgan fingerprint density at radius 3 is 2.72 bits per heavy atom. The Hall–Kier alpha value is -2.59. The highest BCUT2D eigenvalue weighted by Gasteiger charge is 2.30. The van der Waals surface area contributed by atoms with Gasteiger partial charge in [-0.25, -0.2) is 13.1 Å². The lowest BCUT2D eigenvalue weighted by atomic mass is 9.94. The number of nitrogens with zero attached hydrogens (tertiary/aromatic N) is 2. The van der Waals surface area contributed by atoms with Crippen molar-refractivity contribution < 1.29 is 23.1 Å². The Kier molecular flexibility index (Phi) is 6.43. The van der Waals surface area contributed by atoms with Crippen LogP contribution < -0.4 is 9.46 Å². The van der Waals surface area contributed by atoms with Crippen LogP contribution in [-0.2, 0) is 27.8 Å². The van der Waals surface area contributed by atoms with E-state index in [4.69, 9.17) is 33.0 Å². The number of aromatic nitrogens is 2. The minimum atomic E-state index is -3.96. The fourth-order valence-electron chi connectivity index (χ4n) is 3.67. The van der Waals surface area contributed by atoms with Gasteiger partial charge in [0.2, 0.25) is 10.0 Å². The Morgan fingerprint density at radius 1 is 1.22 bits per heavy atom. The molecule has 0 radical (unpaired) electrons. The molecule has 1 aromatic heterocycles. The van der Waals surface area contributed by atoms with Gasteiger partial charge in [0.1, 0.15) is 22.9 Å². The van der Waals surface area contributed by atoms with Crippen LogP contribution in [0, 0.1) is 0 Å². The standard InChI is InChI=1S/C21H19Cl2N3O5S/c22-15-4-1-2-7-19(15)31-13-8-9-20(16(23)10-13)32(29,30)25-17-5-3-6-18-14(17)11-24-26(18)12-21(27)28/h1-2,4,7-11,17,25H,3,5-6,12H2,(H,27,28)/t17-/m1/s1. The molecule has 0 saturated carbocycles. The maximum atomic E-state index is 13.1. The van der Waals surface area contributed by atoms with Crippen molar-refractivity contribution in [3.8, 4) is 11.5 Å². The number of rotatable bonds is 7. The summed E-state index contributed by atoms with van der Waals surface area (Å²) in [5.41, 5.74) is 1.40. The number of para-hydroxylation sites is 1. The summed E-state index contributed by atoms with van der Waals surface area (Å²) in [6, 6.07) is 10.7. The first-order chi connectivity index (χ1) is 15.2. The van der Waals surface area contributed by atoms with Gasteiger partial charge < -0.3 is 9.84 Å². The molecule has 168 valence electrons. The summed E-state index contributed by atoms with van der Waals surface area (Å²) in [5, 5.41) is 13.6. The first-order valence-corrected chi connectivity index (χ1v) is 12.0. The van der Waals surface area contributed by atoms with E-state index in [2.05, 4.69) is 9.82 Å². The molecule has 2 aromatic carbocycles. The molecule has 1 aliphatic carbocycles. The predicted molar refractivity (Wildman–Crippen MR) is 119 cm³/mol. The zero-order valence-corrected chi connectivity index (χ0v) is 19.0. The largest absolute Gasteiger partial charge is 0.480 e. The van der Waals surface area contributed by atoms with E-state index in [-0.39, 0.29) is 16.5 Å². The number of ether oxygens (including phenoxy) is 1. The van der Waals surface area contributed by atoms with Crippen LogP contribution in [0.15, 0.2) is 53.6 Å². The molecule has 0 bridgehead atoms. The first-order valence-electron chi connectivity index (χ1n) is 9.75. The molecule has 0 unspecified atom stereocenters. The molecule has 0 aliphatic heterocycles. The lowest BCUT2D eigenvalue weighted by Gasteiger charge is -2.24. The highest BCUT2D eigenvalue weighted by atomic mass is 35.5. The third-order valence-corrected chi connectivity index (χ3v) is 7.37. The topological polar surface area (TPSA) is 111 Å². The van der Waals surface area contributed by atoms with E-state index in [1.807, 2.05) is 0 Å². The van der Waals surface area contributed by atoms with Crippen molar-refractivity contribution in [1.29, 1.82) is 0 Å². The van der Waals surface area contributed by atoms with Crippen LogP contribution in [0.1, 0.15) is 30.1 Å². The number of nitrogens with one attached hydrogen (secondary N) is 1. The molecule has 1 heterocycles. The summed E-state index contributed by atoms with van der Waals surface area (Å²) in [6.07, 6.45) is 3.42. The lowest BCUT2D eigenvalue weighted by molar-refractivity contribution is -0.137. The van der Waals surface area contributed by atoms with Crippen LogP contribution in [0.3, 0.4) is 0 Å². The highest BCUT2D eigenvalue weighted by Crippen LogP contribution is 2.35. The fourth-order valence-corrected chi connectivity index (χ4v) is 5.63. The monoisotopic (exact) mass is 495 g/mol. The van der Waals surface area contributed by atoms with Gasteiger partial charge in [-0.15, -0.1) is 0 Å². The number of hydrogen-bond donors (Lipinski definition) is 2. The Balaban J connectivity index is 1.55. The van der Waals surface area contributed by atoms with E-state index in [9.17, 15) is 13.2 Å². The number of fused-ring (bicyclic) bond motifs is 1. The average Bonchev–Trinajstić information content (AvgIpc) is 3.13. The average molecular weight is 496 g/mol. The van der Waals surface area contributed by atoms with Crippen molar-refractivity contribution in [3.05, 3.63) is 70.0 Å². The number of aliphatic carboxylic acids is 1. The normalized spacial score (nSPS) is 15.9. The Labute approximate surface area is 194 Å². The third kappa shape index (κ3) is 4.75. The second-order valence-corrected chi connectivity index (χ2v) is 9.79. The number of hydrogen-bond acceptors (Lipinski definition) is 5. The Bertz CT molecular complexity index is 1280. The first kappa shape index (κ1) is 22.6. The molecule has 0 saturated heterocycles. The smallest absolute Gasteiger partial charge is 0.325 e. The molecule has 2 N–H and O–H groups in total. The van der Waals surface area contributed by atoms with E-state index >= 15 is 0 Å². The number of halogens is 2. The summed E-state index contributed by atoms with van der Waals surface area (Å²) < 4.78 is 35.9. The summed E-state index contributed by atoms with van der Waals surface area (Å²) in [4.78, 5) is 11.0. The molecule has 32 heavy (non-hydrogen) atoms. The summed E-state index contributed by atoms with van der Waals surface area (Å²) in [6.45, 7) is -0.270. The fraction of sp³-hybridized carbons (Fsp3) is 0.238. The summed E-state index contributed by atoms with van der Waals surface area (Å²) in [5.74, 6) is -0.242. The SMILES string of the molecule is O=C(O)Cn1ncc2c1CCC[C@H]2NS(=O)(=O)c1ccc(Oc2ccccc2Cl)cc1Cl. The van der Waals surface area contributed by atoms with Crippen molar-refractivity contribution >= 4 is 39.2 Å². The van der Waals surface area contributed by atoms with Gasteiger partial charge in [0.15, 0.2) is 0 Å². The molecule has 1 atom stereocenters. The van der Waals surface area contributed by atoms with Gasteiger partial charge in [0.25, 0.3) is 0 Å². The third-order valence-electron chi connectivity index (χ3n) is 5.10. The molecule has 1 aliphatic rings. The van der Waals surface area contributed by atoms with E-state index in [1.54, 1.807) is 24.3 Å². The second-order valence-electron chi connectivity index (χ2n) is 7.29. The molecule has 8 nitrogen and oxygen atoms in total. The predicted octanol–water partition coefficient (Wildman–Crippen LogP) is 4.42. The van der Waals surface area contributed by atoms with Gasteiger partial charge in [-0.1, -0.05) is 35.3 Å². The van der Waals surface area contributed by atoms with Crippen LogP contribution in [-0.4, -0.2) is 29.3 Å². The summed E-state index contributed by atoms with van der Waals surface area (Å²) in [7, 11) is -3.96. The molecule has 11 heteroatoms. The Morgan fingerprint density at radius 2 is 2.00 bits per heavy atom. The zero-order valence-electron chi connectivity index (χ0n) is 16.7. The molecular weight excluding hydrogens is 477 g/mol. The van der Waals surface area contributed by atoms with Gasteiger partial charge in [-0.2, -0.15) is 5.10 Å². The zero-order chi connectivity index (χ0) is 22.9. The van der Waals surface area contributed by atoms with Gasteiger partial charge in [-0.05, 0) is 43.5 Å². The lowest BCUT2D eigenvalue weighted by Crippen LogP contribution is -2.31. The van der Waals surface area contributed by atoms with Crippen LogP contribution in [0.5, 0.6) is 11.5 Å². The molecule has 3 aromatic rings. The number of carboxylic acid groups (broad SMARTS) is 1. The highest BCUT2D eigenvalue weighted by molar-refractivity contribution is 7.89. The number of carboxylic acids is 1. The van der Waals surface area contributed by atoms with Gasteiger partial charge in [-0.3, -0.25) is 9.48 Å². The van der Waals surface area contributed by atoms with Crippen molar-refractivity contribution in [2.45, 2.75) is 36.7 Å². The molecule has 0 amide bonds. The summed E-state index contributed by atoms with van der Waals surface area (Å²) >= 11 is 12.4. The van der Waals surface area contributed by atoms with Crippen molar-refractivity contribution in [3.63, 3.8) is 0 Å².